The molecule has 16 heteroatoms. The normalized spacial score (nSPS) is 23.2. The second kappa shape index (κ2) is 14.6. The molecule has 3 fully saturated rings. The fraction of sp³-hybridized carbons (Fsp3) is 0.500. The number of pyridine rings is 1. The molecule has 5 rings (SSSR count). The van der Waals surface area contributed by atoms with Crippen LogP contribution in [0.15, 0.2) is 55.3 Å². The highest BCUT2D eigenvalue weighted by atomic mass is 32.2. The van der Waals surface area contributed by atoms with Crippen LogP contribution in [0.2, 0.25) is 0 Å². The second-order valence-electron chi connectivity index (χ2n) is 14.5. The van der Waals surface area contributed by atoms with Crippen molar-refractivity contribution >= 4 is 50.4 Å². The van der Waals surface area contributed by atoms with Crippen LogP contribution in [0.25, 0.3) is 10.8 Å². The van der Waals surface area contributed by atoms with Crippen LogP contribution in [-0.4, -0.2) is 96.1 Å². The number of amides is 4. The SMILES string of the molecule is C=C[C@@H]1C[C@]1(NC(=O)[C@@H]1C[C@@H](Oc2nccc3cc(OC)ccc23)CN1C(=O)[C@H](CC(=O)C(=C)C)NC(=O)OC(C)(C)C)C(=O)NS(=O)(=O)C1CC1. The van der Waals surface area contributed by atoms with E-state index in [1.807, 2.05) is 0 Å². The lowest BCUT2D eigenvalue weighted by Gasteiger charge is -2.30. The Hall–Kier alpha value is -4.99. The summed E-state index contributed by atoms with van der Waals surface area (Å²) in [5.74, 6) is -2.67. The molecule has 4 amide bonds. The molecule has 2 heterocycles. The molecule has 0 bridgehead atoms. The standard InChI is InChI=1S/C36H45N5O10S/c1-8-22-18-36(22,33(45)40-52(47,48)25-10-11-25)39-30(43)28-16-24(50-31-26-12-9-23(49-7)15-21(26)13-14-37-31)19-41(28)32(44)27(17-29(42)20(2)3)38-34(46)51-35(4,5)6/h8-9,12-15,22,24-25,27-28H,1-2,10-11,16-19H2,3-7H3,(H,38,46)(H,39,43)(H,40,45)/t22-,24-,27+,28+,36-/m1/s1. The number of Topliss-reactive ketones (excluding diaryl/α,β-unsaturated/α-hetero) is 1. The van der Waals surface area contributed by atoms with Gasteiger partial charge in [0.15, 0.2) is 5.78 Å². The Morgan fingerprint density at radius 1 is 1.15 bits per heavy atom. The van der Waals surface area contributed by atoms with Crippen molar-refractivity contribution in [2.75, 3.05) is 13.7 Å². The average molecular weight is 740 g/mol. The van der Waals surface area contributed by atoms with E-state index >= 15 is 0 Å². The van der Waals surface area contributed by atoms with Crippen LogP contribution in [-0.2, 0) is 33.9 Å². The minimum atomic E-state index is -3.94. The van der Waals surface area contributed by atoms with Crippen molar-refractivity contribution in [3.63, 3.8) is 0 Å². The van der Waals surface area contributed by atoms with Crippen LogP contribution >= 0.6 is 0 Å². The number of nitrogens with zero attached hydrogens (tertiary/aromatic N) is 2. The van der Waals surface area contributed by atoms with Gasteiger partial charge in [-0.1, -0.05) is 12.7 Å². The zero-order valence-corrected chi connectivity index (χ0v) is 30.7. The summed E-state index contributed by atoms with van der Waals surface area (Å²) in [5.41, 5.74) is -2.39. The van der Waals surface area contributed by atoms with Crippen molar-refractivity contribution in [2.45, 2.75) is 94.4 Å². The largest absolute Gasteiger partial charge is 0.497 e. The topological polar surface area (TPSA) is 199 Å². The summed E-state index contributed by atoms with van der Waals surface area (Å²) in [5, 5.41) is 5.93. The van der Waals surface area contributed by atoms with Crippen LogP contribution in [0, 0.1) is 5.92 Å². The molecule has 15 nitrogen and oxygen atoms in total. The molecule has 1 aromatic heterocycles. The summed E-state index contributed by atoms with van der Waals surface area (Å²) in [6, 6.07) is 4.35. The smallest absolute Gasteiger partial charge is 0.408 e. The molecule has 1 aromatic carbocycles. The molecule has 280 valence electrons. The van der Waals surface area contributed by atoms with Crippen molar-refractivity contribution < 1.29 is 46.6 Å². The first-order chi connectivity index (χ1) is 24.4. The van der Waals surface area contributed by atoms with Crippen LogP contribution in [0.1, 0.15) is 59.8 Å². The third-order valence-corrected chi connectivity index (χ3v) is 11.0. The number of hydrogen-bond donors (Lipinski definition) is 3. The number of methoxy groups -OCH3 is 1. The molecule has 5 atom stereocenters. The number of fused-ring (bicyclic) bond motifs is 1. The Morgan fingerprint density at radius 3 is 2.46 bits per heavy atom. The molecular formula is C36H45N5O10S. The first-order valence-electron chi connectivity index (χ1n) is 17.0. The van der Waals surface area contributed by atoms with Gasteiger partial charge in [0.05, 0.1) is 18.9 Å². The molecule has 2 saturated carbocycles. The summed E-state index contributed by atoms with van der Waals surface area (Å²) in [4.78, 5) is 73.3. The number of allylic oxidation sites excluding steroid dienone is 1. The number of carbonyl (C=O) groups is 5. The van der Waals surface area contributed by atoms with E-state index in [-0.39, 0.29) is 30.8 Å². The van der Waals surface area contributed by atoms with Gasteiger partial charge in [-0.3, -0.25) is 23.9 Å². The zero-order valence-electron chi connectivity index (χ0n) is 29.9. The van der Waals surface area contributed by atoms with Gasteiger partial charge in [-0.05, 0) is 82.2 Å². The van der Waals surface area contributed by atoms with Crippen LogP contribution in [0.3, 0.4) is 0 Å². The first-order valence-corrected chi connectivity index (χ1v) is 18.5. The molecule has 3 N–H and O–H groups in total. The van der Waals surface area contributed by atoms with Gasteiger partial charge in [0, 0.05) is 30.3 Å². The van der Waals surface area contributed by atoms with Crippen molar-refractivity contribution in [3.8, 4) is 11.6 Å². The van der Waals surface area contributed by atoms with E-state index in [9.17, 15) is 32.4 Å². The summed E-state index contributed by atoms with van der Waals surface area (Å²) in [7, 11) is -2.39. The molecule has 1 saturated heterocycles. The number of hydrogen-bond acceptors (Lipinski definition) is 11. The molecule has 52 heavy (non-hydrogen) atoms. The van der Waals surface area contributed by atoms with Gasteiger partial charge in [-0.15, -0.1) is 6.58 Å². The molecule has 0 unspecified atom stereocenters. The van der Waals surface area contributed by atoms with E-state index in [1.165, 1.54) is 17.9 Å². The number of rotatable bonds is 14. The fourth-order valence-corrected chi connectivity index (χ4v) is 7.47. The maximum atomic E-state index is 14.3. The number of ether oxygens (including phenoxy) is 3. The molecule has 0 radical (unpaired) electrons. The van der Waals surface area contributed by atoms with Crippen LogP contribution in [0.4, 0.5) is 4.79 Å². The van der Waals surface area contributed by atoms with Crippen molar-refractivity contribution in [3.05, 3.63) is 55.3 Å². The predicted molar refractivity (Wildman–Crippen MR) is 190 cm³/mol. The number of carbonyl (C=O) groups excluding carboxylic acids is 5. The highest BCUT2D eigenvalue weighted by Crippen LogP contribution is 2.45. The third-order valence-electron chi connectivity index (χ3n) is 9.17. The van der Waals surface area contributed by atoms with Crippen molar-refractivity contribution in [1.82, 2.24) is 25.2 Å². The summed E-state index contributed by atoms with van der Waals surface area (Å²) in [6.07, 6.45) is 1.64. The van der Waals surface area contributed by atoms with Crippen LogP contribution < -0.4 is 24.8 Å². The second-order valence-corrected chi connectivity index (χ2v) is 16.4. The number of aromatic nitrogens is 1. The van der Waals surface area contributed by atoms with E-state index in [0.29, 0.717) is 24.0 Å². The maximum Gasteiger partial charge on any atom is 0.408 e. The highest BCUT2D eigenvalue weighted by Gasteiger charge is 2.62. The Balaban J connectivity index is 1.45. The first kappa shape index (κ1) is 38.2. The molecular weight excluding hydrogens is 694 g/mol. The number of likely N-dealkylation sites (tertiary alicyclic amines) is 1. The van der Waals surface area contributed by atoms with E-state index in [2.05, 4.69) is 33.5 Å². The van der Waals surface area contributed by atoms with Gasteiger partial charge < -0.3 is 29.7 Å². The van der Waals surface area contributed by atoms with Crippen molar-refractivity contribution in [1.29, 1.82) is 0 Å². The van der Waals surface area contributed by atoms with Gasteiger partial charge >= 0.3 is 6.09 Å². The number of benzene rings is 1. The number of alkyl carbamates (subject to hydrolysis) is 1. The minimum Gasteiger partial charge on any atom is -0.497 e. The van der Waals surface area contributed by atoms with Gasteiger partial charge in [-0.25, -0.2) is 18.2 Å². The van der Waals surface area contributed by atoms with E-state index < -0.39 is 86.5 Å². The third kappa shape index (κ3) is 8.54. The summed E-state index contributed by atoms with van der Waals surface area (Å²) >= 11 is 0. The lowest BCUT2D eigenvalue weighted by atomic mass is 10.0. The zero-order chi connectivity index (χ0) is 38.2. The minimum absolute atomic E-state index is 0.0732. The predicted octanol–water partition coefficient (Wildman–Crippen LogP) is 2.69. The Labute approximate surface area is 302 Å². The lowest BCUT2D eigenvalue weighted by Crippen LogP contribution is -2.58. The summed E-state index contributed by atoms with van der Waals surface area (Å²) < 4.78 is 44.4. The monoisotopic (exact) mass is 739 g/mol. The highest BCUT2D eigenvalue weighted by molar-refractivity contribution is 7.91. The molecule has 2 aromatic rings. The fourth-order valence-electron chi connectivity index (χ4n) is 6.11. The van der Waals surface area contributed by atoms with Gasteiger partial charge in [0.25, 0.3) is 5.91 Å². The summed E-state index contributed by atoms with van der Waals surface area (Å²) in [6.45, 7) is 13.6. The maximum absolute atomic E-state index is 14.3. The quantitative estimate of drug-likeness (QED) is 0.190. The number of nitrogens with one attached hydrogen (secondary N) is 3. The molecule has 1 aliphatic heterocycles. The molecule has 2 aliphatic carbocycles. The number of sulfonamides is 1. The molecule has 0 spiro atoms. The van der Waals surface area contributed by atoms with E-state index in [4.69, 9.17) is 14.2 Å². The van der Waals surface area contributed by atoms with Crippen molar-refractivity contribution in [2.24, 2.45) is 5.92 Å². The Kier molecular flexibility index (Phi) is 10.7. The van der Waals surface area contributed by atoms with Gasteiger partial charge in [0.1, 0.15) is 35.1 Å². The van der Waals surface area contributed by atoms with Gasteiger partial charge in [-0.2, -0.15) is 0 Å². The lowest BCUT2D eigenvalue weighted by molar-refractivity contribution is -0.141. The Morgan fingerprint density at radius 2 is 1.87 bits per heavy atom. The number of ketones is 1. The van der Waals surface area contributed by atoms with E-state index in [0.717, 1.165) is 5.39 Å². The Bertz CT molecular complexity index is 1920. The van der Waals surface area contributed by atoms with Gasteiger partial charge in [0.2, 0.25) is 27.7 Å². The average Bonchev–Trinajstić information content (AvgIpc) is 3.99. The van der Waals surface area contributed by atoms with E-state index in [1.54, 1.807) is 58.3 Å². The van der Waals surface area contributed by atoms with Crippen LogP contribution in [0.5, 0.6) is 11.6 Å². The molecule has 3 aliphatic rings.